The summed E-state index contributed by atoms with van der Waals surface area (Å²) in [6.45, 7) is 2.02. The Kier molecular flexibility index (Phi) is 4.25. The predicted octanol–water partition coefficient (Wildman–Crippen LogP) is 3.42. The molecule has 3 atom stereocenters. The number of hydrogen-bond donors (Lipinski definition) is 3. The Morgan fingerprint density at radius 2 is 1.93 bits per heavy atom. The van der Waals surface area contributed by atoms with E-state index in [2.05, 4.69) is 39.1 Å². The molecule has 0 amide bonds. The molecule has 6 rings (SSSR count). The van der Waals surface area contributed by atoms with Crippen LogP contribution in [0.2, 0.25) is 0 Å². The van der Waals surface area contributed by atoms with Crippen molar-refractivity contribution >= 4 is 5.82 Å². The number of nitrogens with one attached hydrogen (secondary N) is 2. The summed E-state index contributed by atoms with van der Waals surface area (Å²) in [4.78, 5) is 0. The quantitative estimate of drug-likeness (QED) is 0.714. The Hall–Kier alpha value is -2.91. The van der Waals surface area contributed by atoms with Crippen molar-refractivity contribution in [2.45, 2.75) is 43.6 Å². The van der Waals surface area contributed by atoms with Crippen molar-refractivity contribution < 1.29 is 5.11 Å². The summed E-state index contributed by atoms with van der Waals surface area (Å²) in [6.07, 6.45) is 9.08. The van der Waals surface area contributed by atoms with Gasteiger partial charge < -0.3 is 15.7 Å². The van der Waals surface area contributed by atoms with Crippen molar-refractivity contribution in [3.05, 3.63) is 47.0 Å². The minimum Gasteiger partial charge on any atom is -0.507 e. The van der Waals surface area contributed by atoms with E-state index in [1.807, 2.05) is 0 Å². The van der Waals surface area contributed by atoms with Crippen molar-refractivity contribution in [2.24, 2.45) is 0 Å². The van der Waals surface area contributed by atoms with Gasteiger partial charge in [-0.15, -0.1) is 10.2 Å². The maximum absolute atomic E-state index is 10.5. The molecule has 6 nitrogen and oxygen atoms in total. The van der Waals surface area contributed by atoms with E-state index in [0.717, 1.165) is 50.3 Å². The van der Waals surface area contributed by atoms with Crippen molar-refractivity contribution in [3.8, 4) is 23.1 Å². The highest BCUT2D eigenvalue weighted by molar-refractivity contribution is 5.76. The van der Waals surface area contributed by atoms with Crippen LogP contribution in [0.15, 0.2) is 30.4 Å². The molecule has 6 heteroatoms. The maximum Gasteiger partial charge on any atom is 0.153 e. The van der Waals surface area contributed by atoms with Gasteiger partial charge >= 0.3 is 0 Å². The molecule has 0 radical (unpaired) electrons. The zero-order chi connectivity index (χ0) is 19.1. The Labute approximate surface area is 164 Å². The number of anilines is 1. The molecular weight excluding hydrogens is 350 g/mol. The fourth-order valence-corrected chi connectivity index (χ4v) is 4.79. The van der Waals surface area contributed by atoms with E-state index in [9.17, 15) is 5.11 Å². The van der Waals surface area contributed by atoms with E-state index in [0.29, 0.717) is 29.0 Å². The molecule has 28 heavy (non-hydrogen) atoms. The Balaban J connectivity index is 1.61. The third-order valence-corrected chi connectivity index (χ3v) is 6.18. The monoisotopic (exact) mass is 373 g/mol. The van der Waals surface area contributed by atoms with Crippen molar-refractivity contribution in [2.75, 3.05) is 18.4 Å². The summed E-state index contributed by atoms with van der Waals surface area (Å²) in [5, 5.41) is 35.8. The molecule has 2 bridgehead atoms. The van der Waals surface area contributed by atoms with Crippen molar-refractivity contribution in [1.82, 2.24) is 15.5 Å². The number of benzene rings is 1. The first-order chi connectivity index (χ1) is 13.7. The maximum atomic E-state index is 10.5. The molecule has 0 saturated carbocycles. The lowest BCUT2D eigenvalue weighted by Gasteiger charge is -2.36. The zero-order valence-corrected chi connectivity index (χ0v) is 15.7. The lowest BCUT2D eigenvalue weighted by molar-refractivity contribution is 0.474. The number of phenolic OH excluding ortho intramolecular Hbond substituents is 1. The summed E-state index contributed by atoms with van der Waals surface area (Å²) in [6, 6.07) is 7.44. The van der Waals surface area contributed by atoms with Gasteiger partial charge in [0.15, 0.2) is 5.82 Å². The Morgan fingerprint density at radius 1 is 1.11 bits per heavy atom. The number of hydrogen-bond acceptors (Lipinski definition) is 6. The molecule has 3 aliphatic carbocycles. The van der Waals surface area contributed by atoms with Gasteiger partial charge in [0.05, 0.1) is 11.6 Å². The van der Waals surface area contributed by atoms with Gasteiger partial charge in [0.1, 0.15) is 11.4 Å². The second-order valence-corrected chi connectivity index (χ2v) is 7.93. The summed E-state index contributed by atoms with van der Waals surface area (Å²) < 4.78 is 0. The minimum atomic E-state index is 0.0816. The number of rotatable bonds is 3. The number of nitrogens with zero attached hydrogens (tertiary/aromatic N) is 3. The molecule has 2 aromatic rings. The molecule has 2 heterocycles. The van der Waals surface area contributed by atoms with Gasteiger partial charge in [-0.2, -0.15) is 5.26 Å². The highest BCUT2D eigenvalue weighted by atomic mass is 16.3. The number of piperidine rings is 1. The molecule has 0 spiro atoms. The van der Waals surface area contributed by atoms with Crippen LogP contribution < -0.4 is 10.6 Å². The number of aromatic hydroxyl groups is 1. The van der Waals surface area contributed by atoms with Crippen molar-refractivity contribution in [3.63, 3.8) is 0 Å². The molecule has 1 aromatic heterocycles. The number of allylic oxidation sites excluding steroid dienone is 2. The van der Waals surface area contributed by atoms with Gasteiger partial charge in [0.25, 0.3) is 0 Å². The number of fused-ring (bicyclic) bond motifs is 1. The first kappa shape index (κ1) is 17.2. The van der Waals surface area contributed by atoms with E-state index in [4.69, 9.17) is 5.26 Å². The number of phenols is 1. The minimum absolute atomic E-state index is 0.0816. The van der Waals surface area contributed by atoms with E-state index in [1.165, 1.54) is 17.2 Å². The molecule has 142 valence electrons. The summed E-state index contributed by atoms with van der Waals surface area (Å²) in [7, 11) is 0. The third-order valence-electron chi connectivity index (χ3n) is 6.18. The normalized spacial score (nSPS) is 25.2. The van der Waals surface area contributed by atoms with Gasteiger partial charge in [0, 0.05) is 35.5 Å². The second-order valence-electron chi connectivity index (χ2n) is 7.93. The van der Waals surface area contributed by atoms with Crippen LogP contribution in [-0.2, 0) is 0 Å². The molecule has 4 aliphatic rings. The lowest BCUT2D eigenvalue weighted by atomic mass is 9.70. The number of nitriles is 1. The van der Waals surface area contributed by atoms with E-state index in [1.54, 1.807) is 12.1 Å². The van der Waals surface area contributed by atoms with Crippen LogP contribution in [0.3, 0.4) is 0 Å². The van der Waals surface area contributed by atoms with Crippen LogP contribution in [-0.4, -0.2) is 34.4 Å². The Bertz CT molecular complexity index is 987. The molecule has 1 aromatic carbocycles. The molecule has 1 aliphatic heterocycles. The average molecular weight is 373 g/mol. The average Bonchev–Trinajstić information content (AvgIpc) is 2.75. The summed E-state index contributed by atoms with van der Waals surface area (Å²) >= 11 is 0. The fraction of sp³-hybridized carbons (Fsp3) is 0.409. The highest BCUT2D eigenvalue weighted by Crippen LogP contribution is 2.50. The topological polar surface area (TPSA) is 93.9 Å². The number of aromatic nitrogens is 2. The smallest absolute Gasteiger partial charge is 0.153 e. The van der Waals surface area contributed by atoms with Crippen LogP contribution in [0.5, 0.6) is 5.75 Å². The van der Waals surface area contributed by atoms with E-state index < -0.39 is 0 Å². The largest absolute Gasteiger partial charge is 0.507 e. The first-order valence-electron chi connectivity index (χ1n) is 10.0. The van der Waals surface area contributed by atoms with Crippen LogP contribution in [0, 0.1) is 11.3 Å². The van der Waals surface area contributed by atoms with Crippen LogP contribution in [0.25, 0.3) is 11.3 Å². The van der Waals surface area contributed by atoms with Crippen LogP contribution in [0.4, 0.5) is 5.82 Å². The lowest BCUT2D eigenvalue weighted by Crippen LogP contribution is -2.39. The zero-order valence-electron chi connectivity index (χ0n) is 15.7. The SMILES string of the molecule is N#Cc1ccc(-c2nnc(N[C@@H]3CCCNC3)c3c2C2C=CC3CC2)c(O)c1. The van der Waals surface area contributed by atoms with E-state index in [-0.39, 0.29) is 5.75 Å². The summed E-state index contributed by atoms with van der Waals surface area (Å²) in [5.74, 6) is 1.61. The van der Waals surface area contributed by atoms with Gasteiger partial charge in [-0.25, -0.2) is 0 Å². The van der Waals surface area contributed by atoms with Gasteiger partial charge in [-0.1, -0.05) is 12.2 Å². The van der Waals surface area contributed by atoms with Gasteiger partial charge in [-0.05, 0) is 56.0 Å². The predicted molar refractivity (Wildman–Crippen MR) is 107 cm³/mol. The molecule has 3 N–H and O–H groups in total. The van der Waals surface area contributed by atoms with Gasteiger partial charge in [0.2, 0.25) is 0 Å². The van der Waals surface area contributed by atoms with Crippen molar-refractivity contribution in [1.29, 1.82) is 5.26 Å². The van der Waals surface area contributed by atoms with Crippen LogP contribution >= 0.6 is 0 Å². The molecule has 2 unspecified atom stereocenters. The fourth-order valence-electron chi connectivity index (χ4n) is 4.79. The first-order valence-corrected chi connectivity index (χ1v) is 10.0. The second kappa shape index (κ2) is 6.92. The molecule has 1 saturated heterocycles. The third kappa shape index (κ3) is 2.83. The standard InChI is InChI=1S/C22H23N5O/c23-11-13-3-8-17(18(28)10-13)21-19-14-4-6-15(7-5-14)20(19)22(27-26-21)25-16-2-1-9-24-12-16/h3-4,6,8,10,14-16,24,28H,1-2,5,7,9,12H2,(H,25,27)/t14?,15?,16-/m1/s1. The van der Waals surface area contributed by atoms with E-state index >= 15 is 0 Å². The van der Waals surface area contributed by atoms with Crippen LogP contribution in [0.1, 0.15) is 54.2 Å². The van der Waals surface area contributed by atoms with Gasteiger partial charge in [-0.3, -0.25) is 0 Å². The molecule has 1 fully saturated rings. The molecular formula is C22H23N5O. The Morgan fingerprint density at radius 3 is 2.61 bits per heavy atom. The summed E-state index contributed by atoms with van der Waals surface area (Å²) in [5.41, 5.74) is 4.24. The highest BCUT2D eigenvalue weighted by Gasteiger charge is 2.36.